The van der Waals surface area contributed by atoms with E-state index in [4.69, 9.17) is 0 Å². The average molecular weight is 228 g/mol. The molecule has 1 heteroatoms. The summed E-state index contributed by atoms with van der Waals surface area (Å²) in [4.78, 5) is 0. The lowest BCUT2D eigenvalue weighted by atomic mass is 9.99. The van der Waals surface area contributed by atoms with Gasteiger partial charge in [0.1, 0.15) is 5.60 Å². The number of rotatable bonds is 1. The molecule has 1 saturated carbocycles. The van der Waals surface area contributed by atoms with E-state index in [1.807, 2.05) is 12.1 Å². The minimum atomic E-state index is -0.728. The second kappa shape index (κ2) is 4.94. The van der Waals surface area contributed by atoms with Crippen LogP contribution in [0.15, 0.2) is 24.3 Å². The molecular weight excluding hydrogens is 208 g/mol. The van der Waals surface area contributed by atoms with Crippen LogP contribution in [-0.2, 0) is 0 Å². The minimum Gasteiger partial charge on any atom is -0.378 e. The average Bonchev–Trinajstić information content (AvgIpc) is 2.75. The highest BCUT2D eigenvalue weighted by atomic mass is 16.3. The summed E-state index contributed by atoms with van der Waals surface area (Å²) in [5.74, 6) is 6.69. The van der Waals surface area contributed by atoms with Crippen molar-refractivity contribution in [2.24, 2.45) is 0 Å². The van der Waals surface area contributed by atoms with E-state index < -0.39 is 5.60 Å². The molecule has 0 aromatic heterocycles. The molecule has 0 atom stereocenters. The van der Waals surface area contributed by atoms with Gasteiger partial charge >= 0.3 is 0 Å². The van der Waals surface area contributed by atoms with E-state index in [9.17, 15) is 5.11 Å². The van der Waals surface area contributed by atoms with Crippen LogP contribution in [0.1, 0.15) is 56.6 Å². The molecule has 1 fully saturated rings. The van der Waals surface area contributed by atoms with Crippen molar-refractivity contribution in [3.63, 3.8) is 0 Å². The quantitative estimate of drug-likeness (QED) is 0.730. The van der Waals surface area contributed by atoms with Gasteiger partial charge in [0.05, 0.1) is 0 Å². The number of hydrogen-bond acceptors (Lipinski definition) is 1. The van der Waals surface area contributed by atoms with E-state index in [1.54, 1.807) is 0 Å². The van der Waals surface area contributed by atoms with Crippen LogP contribution in [0.3, 0.4) is 0 Å². The summed E-state index contributed by atoms with van der Waals surface area (Å²) >= 11 is 0. The van der Waals surface area contributed by atoms with E-state index in [0.717, 1.165) is 31.2 Å². The Morgan fingerprint density at radius 3 is 2.59 bits per heavy atom. The highest BCUT2D eigenvalue weighted by Gasteiger charge is 2.28. The van der Waals surface area contributed by atoms with Crippen LogP contribution in [0.2, 0.25) is 0 Å². The van der Waals surface area contributed by atoms with Crippen LogP contribution >= 0.6 is 0 Å². The Hall–Kier alpha value is -1.26. The van der Waals surface area contributed by atoms with Gasteiger partial charge in [-0.3, -0.25) is 0 Å². The van der Waals surface area contributed by atoms with Gasteiger partial charge in [0.25, 0.3) is 0 Å². The Labute approximate surface area is 104 Å². The van der Waals surface area contributed by atoms with Crippen molar-refractivity contribution in [1.82, 2.24) is 0 Å². The molecule has 90 valence electrons. The Bertz CT molecular complexity index is 442. The maximum absolute atomic E-state index is 10.2. The van der Waals surface area contributed by atoms with Crippen molar-refractivity contribution in [2.75, 3.05) is 0 Å². The summed E-state index contributed by atoms with van der Waals surface area (Å²) in [6.07, 6.45) is 3.84. The summed E-state index contributed by atoms with van der Waals surface area (Å²) in [6, 6.07) is 8.30. The molecule has 0 unspecified atom stereocenters. The number of aliphatic hydroxyl groups is 1. The standard InChI is InChI=1S/C16H20O/c1-13(2)15-7-5-6-14(12-15)8-11-16(17)9-3-4-10-16/h5-7,12-13,17H,3-4,9-10H2,1-2H3. The summed E-state index contributed by atoms with van der Waals surface area (Å²) in [7, 11) is 0. The molecule has 0 heterocycles. The summed E-state index contributed by atoms with van der Waals surface area (Å²) in [5.41, 5.74) is 1.58. The smallest absolute Gasteiger partial charge is 0.125 e. The predicted molar refractivity (Wildman–Crippen MR) is 70.8 cm³/mol. The highest BCUT2D eigenvalue weighted by molar-refractivity contribution is 5.39. The summed E-state index contributed by atoms with van der Waals surface area (Å²) in [6.45, 7) is 4.36. The molecule has 2 rings (SSSR count). The number of benzene rings is 1. The van der Waals surface area contributed by atoms with Gasteiger partial charge in [-0.1, -0.05) is 37.8 Å². The molecule has 1 aromatic carbocycles. The zero-order chi connectivity index (χ0) is 12.3. The topological polar surface area (TPSA) is 20.2 Å². The molecule has 0 radical (unpaired) electrons. The highest BCUT2D eigenvalue weighted by Crippen LogP contribution is 2.28. The molecule has 17 heavy (non-hydrogen) atoms. The van der Waals surface area contributed by atoms with Gasteiger partial charge in [-0.25, -0.2) is 0 Å². The normalized spacial score (nSPS) is 17.9. The third-order valence-corrected chi connectivity index (χ3v) is 3.42. The van der Waals surface area contributed by atoms with Crippen LogP contribution in [0.25, 0.3) is 0 Å². The van der Waals surface area contributed by atoms with Crippen LogP contribution < -0.4 is 0 Å². The van der Waals surface area contributed by atoms with Crippen LogP contribution in [0.4, 0.5) is 0 Å². The van der Waals surface area contributed by atoms with Crippen molar-refractivity contribution >= 4 is 0 Å². The van der Waals surface area contributed by atoms with Crippen molar-refractivity contribution in [2.45, 2.75) is 51.0 Å². The van der Waals surface area contributed by atoms with Gasteiger partial charge in [-0.15, -0.1) is 0 Å². The van der Waals surface area contributed by atoms with Crippen LogP contribution in [-0.4, -0.2) is 10.7 Å². The molecule has 0 amide bonds. The van der Waals surface area contributed by atoms with E-state index in [-0.39, 0.29) is 0 Å². The van der Waals surface area contributed by atoms with E-state index in [1.165, 1.54) is 5.56 Å². The SMILES string of the molecule is CC(C)c1cccc(C#CC2(O)CCCC2)c1. The van der Waals surface area contributed by atoms with Crippen molar-refractivity contribution in [1.29, 1.82) is 0 Å². The Kier molecular flexibility index (Phi) is 3.54. The first-order valence-electron chi connectivity index (χ1n) is 6.45. The van der Waals surface area contributed by atoms with Crippen molar-refractivity contribution in [3.05, 3.63) is 35.4 Å². The van der Waals surface area contributed by atoms with Gasteiger partial charge in [0.15, 0.2) is 0 Å². The largest absolute Gasteiger partial charge is 0.378 e. The molecule has 0 saturated heterocycles. The van der Waals surface area contributed by atoms with E-state index >= 15 is 0 Å². The lowest BCUT2D eigenvalue weighted by Crippen LogP contribution is -2.20. The fourth-order valence-corrected chi connectivity index (χ4v) is 2.25. The minimum absolute atomic E-state index is 0.520. The maximum Gasteiger partial charge on any atom is 0.125 e. The molecule has 0 bridgehead atoms. The van der Waals surface area contributed by atoms with Gasteiger partial charge < -0.3 is 5.11 Å². The lowest BCUT2D eigenvalue weighted by Gasteiger charge is -2.13. The van der Waals surface area contributed by atoms with Crippen LogP contribution in [0.5, 0.6) is 0 Å². The second-order valence-corrected chi connectivity index (χ2v) is 5.27. The Morgan fingerprint density at radius 2 is 1.94 bits per heavy atom. The fourth-order valence-electron chi connectivity index (χ4n) is 2.25. The molecule has 1 aromatic rings. The van der Waals surface area contributed by atoms with Gasteiger partial charge in [-0.05, 0) is 49.3 Å². The third kappa shape index (κ3) is 3.11. The Balaban J connectivity index is 2.18. The fraction of sp³-hybridized carbons (Fsp3) is 0.500. The van der Waals surface area contributed by atoms with Crippen LogP contribution in [0, 0.1) is 11.8 Å². The zero-order valence-corrected chi connectivity index (χ0v) is 10.7. The Morgan fingerprint density at radius 1 is 1.24 bits per heavy atom. The van der Waals surface area contributed by atoms with E-state index in [0.29, 0.717) is 5.92 Å². The van der Waals surface area contributed by atoms with Gasteiger partial charge in [0.2, 0.25) is 0 Å². The molecule has 1 nitrogen and oxygen atoms in total. The second-order valence-electron chi connectivity index (χ2n) is 5.27. The first-order chi connectivity index (χ1) is 8.09. The summed E-state index contributed by atoms with van der Waals surface area (Å²) in [5, 5.41) is 10.2. The lowest BCUT2D eigenvalue weighted by molar-refractivity contribution is 0.110. The molecule has 1 aliphatic rings. The van der Waals surface area contributed by atoms with Crippen molar-refractivity contribution in [3.8, 4) is 11.8 Å². The first-order valence-corrected chi connectivity index (χ1v) is 6.45. The zero-order valence-electron chi connectivity index (χ0n) is 10.7. The summed E-state index contributed by atoms with van der Waals surface area (Å²) < 4.78 is 0. The molecule has 0 aliphatic heterocycles. The maximum atomic E-state index is 10.2. The predicted octanol–water partition coefficient (Wildman–Crippen LogP) is 3.47. The molecular formula is C16H20O. The molecule has 0 spiro atoms. The molecule has 1 aliphatic carbocycles. The monoisotopic (exact) mass is 228 g/mol. The van der Waals surface area contributed by atoms with E-state index in [2.05, 4.69) is 37.8 Å². The molecule has 1 N–H and O–H groups in total. The number of hydrogen-bond donors (Lipinski definition) is 1. The van der Waals surface area contributed by atoms with Crippen molar-refractivity contribution < 1.29 is 5.11 Å². The third-order valence-electron chi connectivity index (χ3n) is 3.42. The van der Waals surface area contributed by atoms with Gasteiger partial charge in [-0.2, -0.15) is 0 Å². The first kappa shape index (κ1) is 12.2. The van der Waals surface area contributed by atoms with Gasteiger partial charge in [0, 0.05) is 5.56 Å².